The molecule has 2 amide bonds. The number of nitrogens with one attached hydrogen (secondary N) is 2. The zero-order valence-corrected chi connectivity index (χ0v) is 20.4. The topological polar surface area (TPSA) is 114 Å². The molecular weight excluding hydrogens is 503 g/mol. The molecule has 11 heteroatoms. The molecule has 4 aromatic rings. The van der Waals surface area contributed by atoms with Gasteiger partial charge in [-0.1, -0.05) is 18.2 Å². The predicted molar refractivity (Wildman–Crippen MR) is 139 cm³/mol. The van der Waals surface area contributed by atoms with E-state index in [1.807, 2.05) is 6.07 Å². The normalized spacial score (nSPS) is 11.5. The van der Waals surface area contributed by atoms with Crippen molar-refractivity contribution in [3.8, 4) is 11.3 Å². The number of halogens is 1. The third kappa shape index (κ3) is 6.32. The van der Waals surface area contributed by atoms with Crippen LogP contribution in [0.25, 0.3) is 11.3 Å². The van der Waals surface area contributed by atoms with Gasteiger partial charge in [-0.2, -0.15) is 0 Å². The Hall–Kier alpha value is -4.09. The summed E-state index contributed by atoms with van der Waals surface area (Å²) in [7, 11) is 0. The van der Waals surface area contributed by atoms with Gasteiger partial charge in [0.1, 0.15) is 5.82 Å². The zero-order valence-electron chi connectivity index (χ0n) is 18.8. The first-order valence-corrected chi connectivity index (χ1v) is 12.4. The molecular formula is C25H19FN4O4S2. The highest BCUT2D eigenvalue weighted by molar-refractivity contribution is 8.00. The van der Waals surface area contributed by atoms with E-state index in [-0.39, 0.29) is 17.5 Å². The molecule has 0 aliphatic carbocycles. The van der Waals surface area contributed by atoms with E-state index in [4.69, 9.17) is 0 Å². The minimum absolute atomic E-state index is 0.0350. The molecule has 8 nitrogen and oxygen atoms in total. The maximum atomic E-state index is 13.1. The van der Waals surface area contributed by atoms with E-state index >= 15 is 0 Å². The number of carbonyl (C=O) groups is 2. The standard InChI is InChI=1S/C25H19FN4O4S2/c1-15(23(31)29-25-28-22(14-35-25)17-4-2-6-20(12-17)30(33)34)36-21-7-3-5-19(13-21)27-24(32)16-8-10-18(26)11-9-16/h2-15H,1H3,(H,27,32)(H,28,29,31). The van der Waals surface area contributed by atoms with Crippen molar-refractivity contribution in [2.24, 2.45) is 0 Å². The number of thiazole rings is 1. The number of amides is 2. The molecule has 2 N–H and O–H groups in total. The van der Waals surface area contributed by atoms with Crippen LogP contribution in [0.1, 0.15) is 17.3 Å². The number of thioether (sulfide) groups is 1. The number of anilines is 2. The number of aromatic nitrogens is 1. The third-order valence-corrected chi connectivity index (χ3v) is 6.82. The molecule has 0 aliphatic rings. The van der Waals surface area contributed by atoms with Crippen molar-refractivity contribution >= 4 is 51.4 Å². The number of non-ortho nitro benzene ring substituents is 1. The Morgan fingerprint density at radius 2 is 1.81 bits per heavy atom. The van der Waals surface area contributed by atoms with Crippen LogP contribution in [-0.2, 0) is 4.79 Å². The summed E-state index contributed by atoms with van der Waals surface area (Å²) in [4.78, 5) is 40.8. The second-order valence-electron chi connectivity index (χ2n) is 7.58. The predicted octanol–water partition coefficient (Wildman–Crippen LogP) is 6.23. The van der Waals surface area contributed by atoms with E-state index in [2.05, 4.69) is 15.6 Å². The lowest BCUT2D eigenvalue weighted by Crippen LogP contribution is -2.22. The van der Waals surface area contributed by atoms with Crippen LogP contribution in [0, 0.1) is 15.9 Å². The van der Waals surface area contributed by atoms with Crippen LogP contribution in [0.2, 0.25) is 0 Å². The number of rotatable bonds is 8. The Kier molecular flexibility index (Phi) is 7.71. The molecule has 0 radical (unpaired) electrons. The Balaban J connectivity index is 1.37. The van der Waals surface area contributed by atoms with E-state index in [0.29, 0.717) is 27.6 Å². The van der Waals surface area contributed by atoms with Gasteiger partial charge in [0.25, 0.3) is 11.6 Å². The summed E-state index contributed by atoms with van der Waals surface area (Å²) in [5, 5.41) is 18.2. The van der Waals surface area contributed by atoms with Gasteiger partial charge in [-0.15, -0.1) is 23.1 Å². The van der Waals surface area contributed by atoms with Crippen molar-refractivity contribution in [1.29, 1.82) is 0 Å². The van der Waals surface area contributed by atoms with E-state index in [9.17, 15) is 24.1 Å². The van der Waals surface area contributed by atoms with Crippen LogP contribution in [-0.4, -0.2) is 27.0 Å². The van der Waals surface area contributed by atoms with Crippen LogP contribution in [0.4, 0.5) is 20.9 Å². The average molecular weight is 523 g/mol. The molecule has 0 saturated heterocycles. The highest BCUT2D eigenvalue weighted by atomic mass is 32.2. The van der Waals surface area contributed by atoms with Crippen LogP contribution in [0.5, 0.6) is 0 Å². The average Bonchev–Trinajstić information content (AvgIpc) is 3.33. The summed E-state index contributed by atoms with van der Waals surface area (Å²) in [5.74, 6) is -1.05. The van der Waals surface area contributed by atoms with E-state index < -0.39 is 16.0 Å². The molecule has 0 bridgehead atoms. The monoisotopic (exact) mass is 522 g/mol. The van der Waals surface area contributed by atoms with Crippen LogP contribution < -0.4 is 10.6 Å². The highest BCUT2D eigenvalue weighted by Crippen LogP contribution is 2.30. The fourth-order valence-electron chi connectivity index (χ4n) is 3.16. The molecule has 0 fully saturated rings. The summed E-state index contributed by atoms with van der Waals surface area (Å²) < 4.78 is 13.1. The number of hydrogen-bond acceptors (Lipinski definition) is 7. The van der Waals surface area contributed by atoms with Gasteiger partial charge in [-0.25, -0.2) is 9.37 Å². The lowest BCUT2D eigenvalue weighted by Gasteiger charge is -2.12. The SMILES string of the molecule is CC(Sc1cccc(NC(=O)c2ccc(F)cc2)c1)C(=O)Nc1nc(-c2cccc([N+](=O)[O-])c2)cs1. The van der Waals surface area contributed by atoms with Gasteiger partial charge in [0.15, 0.2) is 5.13 Å². The van der Waals surface area contributed by atoms with Gasteiger partial charge in [0.2, 0.25) is 5.91 Å². The quantitative estimate of drug-likeness (QED) is 0.161. The third-order valence-electron chi connectivity index (χ3n) is 4.97. The van der Waals surface area contributed by atoms with Crippen molar-refractivity contribution in [3.05, 3.63) is 99.7 Å². The Morgan fingerprint density at radius 1 is 1.06 bits per heavy atom. The molecule has 182 valence electrons. The maximum Gasteiger partial charge on any atom is 0.270 e. The minimum atomic E-state index is -0.474. The highest BCUT2D eigenvalue weighted by Gasteiger charge is 2.17. The van der Waals surface area contributed by atoms with Gasteiger partial charge in [0.05, 0.1) is 15.9 Å². The van der Waals surface area contributed by atoms with Gasteiger partial charge in [-0.05, 0) is 49.4 Å². The van der Waals surface area contributed by atoms with Crippen molar-refractivity contribution in [2.75, 3.05) is 10.6 Å². The first-order valence-electron chi connectivity index (χ1n) is 10.6. The number of carbonyl (C=O) groups excluding carboxylic acids is 2. The molecule has 3 aromatic carbocycles. The number of nitro groups is 1. The van der Waals surface area contributed by atoms with Crippen molar-refractivity contribution in [3.63, 3.8) is 0 Å². The molecule has 4 rings (SSSR count). The van der Waals surface area contributed by atoms with Crippen LogP contribution in [0.15, 0.2) is 83.1 Å². The second kappa shape index (κ2) is 11.1. The first kappa shape index (κ1) is 25.0. The lowest BCUT2D eigenvalue weighted by molar-refractivity contribution is -0.384. The summed E-state index contributed by atoms with van der Waals surface area (Å²) >= 11 is 2.53. The Morgan fingerprint density at radius 3 is 2.56 bits per heavy atom. The van der Waals surface area contributed by atoms with Gasteiger partial charge < -0.3 is 10.6 Å². The number of nitro benzene ring substituents is 1. The molecule has 1 atom stereocenters. The zero-order chi connectivity index (χ0) is 25.7. The summed E-state index contributed by atoms with van der Waals surface area (Å²) in [6, 6.07) is 18.4. The van der Waals surface area contributed by atoms with E-state index in [0.717, 1.165) is 4.90 Å². The Bertz CT molecular complexity index is 1430. The number of benzene rings is 3. The van der Waals surface area contributed by atoms with E-state index in [1.54, 1.807) is 42.6 Å². The first-order chi connectivity index (χ1) is 17.3. The fourth-order valence-corrected chi connectivity index (χ4v) is 4.81. The van der Waals surface area contributed by atoms with Gasteiger partial charge in [0, 0.05) is 39.2 Å². The molecule has 1 unspecified atom stereocenters. The lowest BCUT2D eigenvalue weighted by atomic mass is 10.1. The fraction of sp³-hybridized carbons (Fsp3) is 0.0800. The molecule has 0 aliphatic heterocycles. The minimum Gasteiger partial charge on any atom is -0.322 e. The maximum absolute atomic E-state index is 13.1. The molecule has 1 heterocycles. The Labute approximate surface area is 213 Å². The van der Waals surface area contributed by atoms with Crippen molar-refractivity contribution in [1.82, 2.24) is 4.98 Å². The van der Waals surface area contributed by atoms with E-state index in [1.165, 1.54) is 59.5 Å². The number of nitrogens with zero attached hydrogens (tertiary/aromatic N) is 2. The molecule has 1 aromatic heterocycles. The molecule has 36 heavy (non-hydrogen) atoms. The van der Waals surface area contributed by atoms with Crippen LogP contribution in [0.3, 0.4) is 0 Å². The summed E-state index contributed by atoms with van der Waals surface area (Å²) in [6.45, 7) is 1.75. The van der Waals surface area contributed by atoms with Gasteiger partial charge in [-0.3, -0.25) is 19.7 Å². The second-order valence-corrected chi connectivity index (χ2v) is 9.86. The molecule has 0 saturated carbocycles. The van der Waals surface area contributed by atoms with Gasteiger partial charge >= 0.3 is 0 Å². The van der Waals surface area contributed by atoms with Crippen LogP contribution >= 0.6 is 23.1 Å². The smallest absolute Gasteiger partial charge is 0.270 e. The van der Waals surface area contributed by atoms with Crippen molar-refractivity contribution < 1.29 is 18.9 Å². The van der Waals surface area contributed by atoms with Crippen molar-refractivity contribution in [2.45, 2.75) is 17.1 Å². The summed E-state index contributed by atoms with van der Waals surface area (Å²) in [5.41, 5.74) is 1.96. The summed E-state index contributed by atoms with van der Waals surface area (Å²) in [6.07, 6.45) is 0. The number of hydrogen-bond donors (Lipinski definition) is 2. The molecule has 0 spiro atoms. The largest absolute Gasteiger partial charge is 0.322 e.